The minimum atomic E-state index is 0.985. The predicted molar refractivity (Wildman–Crippen MR) is 51.5 cm³/mol. The van der Waals surface area contributed by atoms with E-state index in [1.54, 1.807) is 11.3 Å². The third-order valence-electron chi connectivity index (χ3n) is 1.95. The minimum Gasteiger partial charge on any atom is -0.259 e. The van der Waals surface area contributed by atoms with E-state index < -0.39 is 0 Å². The van der Waals surface area contributed by atoms with Gasteiger partial charge in [-0.2, -0.15) is 0 Å². The molecule has 0 aromatic carbocycles. The van der Waals surface area contributed by atoms with Gasteiger partial charge in [-0.25, -0.2) is 4.98 Å². The van der Waals surface area contributed by atoms with Gasteiger partial charge in [-0.05, 0) is 18.9 Å². The summed E-state index contributed by atoms with van der Waals surface area (Å²) in [5.74, 6) is 0. The average Bonchev–Trinajstić information content (AvgIpc) is 2.54. The third kappa shape index (κ3) is 1.01. The summed E-state index contributed by atoms with van der Waals surface area (Å²) in [7, 11) is 0. The molecule has 0 aliphatic carbocycles. The Morgan fingerprint density at radius 3 is 3.00 bits per heavy atom. The van der Waals surface area contributed by atoms with Gasteiger partial charge in [0.15, 0.2) is 0 Å². The van der Waals surface area contributed by atoms with Crippen molar-refractivity contribution in [1.82, 2.24) is 9.97 Å². The number of hydrogen-bond donors (Lipinski definition) is 0. The number of aryl methyl sites for hydroxylation is 2. The van der Waals surface area contributed by atoms with E-state index in [0.717, 1.165) is 17.6 Å². The SMILES string of the molecule is CCc1ncc(C)c2ncsc12. The first-order chi connectivity index (χ1) is 5.83. The van der Waals surface area contributed by atoms with Crippen molar-refractivity contribution in [3.8, 4) is 0 Å². The van der Waals surface area contributed by atoms with Gasteiger partial charge in [0.05, 0.1) is 21.4 Å². The number of fused-ring (bicyclic) bond motifs is 1. The number of nitrogens with zero attached hydrogens (tertiary/aromatic N) is 2. The Hall–Kier alpha value is -0.960. The van der Waals surface area contributed by atoms with Crippen LogP contribution in [-0.2, 0) is 6.42 Å². The number of hydrogen-bond acceptors (Lipinski definition) is 3. The summed E-state index contributed by atoms with van der Waals surface area (Å²) in [5.41, 5.74) is 5.34. The van der Waals surface area contributed by atoms with Crippen LogP contribution in [0.2, 0.25) is 0 Å². The van der Waals surface area contributed by atoms with Crippen LogP contribution in [-0.4, -0.2) is 9.97 Å². The Balaban J connectivity index is 2.82. The zero-order chi connectivity index (χ0) is 8.55. The summed E-state index contributed by atoms with van der Waals surface area (Å²) in [4.78, 5) is 8.67. The molecule has 0 bridgehead atoms. The second kappa shape index (κ2) is 2.83. The predicted octanol–water partition coefficient (Wildman–Crippen LogP) is 2.56. The van der Waals surface area contributed by atoms with Crippen LogP contribution in [0, 0.1) is 6.92 Å². The minimum absolute atomic E-state index is 0.985. The normalized spacial score (nSPS) is 10.8. The van der Waals surface area contributed by atoms with E-state index in [4.69, 9.17) is 0 Å². The molecule has 0 radical (unpaired) electrons. The number of pyridine rings is 1. The van der Waals surface area contributed by atoms with Crippen LogP contribution >= 0.6 is 11.3 Å². The maximum atomic E-state index is 4.37. The molecule has 0 unspecified atom stereocenters. The number of thiazole rings is 1. The van der Waals surface area contributed by atoms with E-state index in [1.807, 2.05) is 11.7 Å². The second-order valence-corrected chi connectivity index (χ2v) is 3.63. The lowest BCUT2D eigenvalue weighted by molar-refractivity contribution is 1.05. The van der Waals surface area contributed by atoms with E-state index in [9.17, 15) is 0 Å². The molecule has 0 atom stereocenters. The highest BCUT2D eigenvalue weighted by Crippen LogP contribution is 2.23. The maximum absolute atomic E-state index is 4.37. The molecule has 2 nitrogen and oxygen atoms in total. The zero-order valence-corrected chi connectivity index (χ0v) is 7.98. The van der Waals surface area contributed by atoms with E-state index >= 15 is 0 Å². The molecule has 0 fully saturated rings. The molecule has 0 N–H and O–H groups in total. The summed E-state index contributed by atoms with van der Waals surface area (Å²) in [6, 6.07) is 0. The van der Waals surface area contributed by atoms with Crippen molar-refractivity contribution in [1.29, 1.82) is 0 Å². The molecule has 2 aromatic rings. The molecule has 0 spiro atoms. The van der Waals surface area contributed by atoms with Gasteiger partial charge in [-0.15, -0.1) is 11.3 Å². The fourth-order valence-corrected chi connectivity index (χ4v) is 2.20. The van der Waals surface area contributed by atoms with Crippen LogP contribution in [0.25, 0.3) is 10.2 Å². The van der Waals surface area contributed by atoms with E-state index in [-0.39, 0.29) is 0 Å². The van der Waals surface area contributed by atoms with E-state index in [1.165, 1.54) is 10.3 Å². The lowest BCUT2D eigenvalue weighted by Gasteiger charge is -1.98. The lowest BCUT2D eigenvalue weighted by atomic mass is 10.2. The van der Waals surface area contributed by atoms with Gasteiger partial charge in [0.25, 0.3) is 0 Å². The van der Waals surface area contributed by atoms with Gasteiger partial charge in [0.1, 0.15) is 0 Å². The van der Waals surface area contributed by atoms with Gasteiger partial charge < -0.3 is 0 Å². The first-order valence-electron chi connectivity index (χ1n) is 4.00. The second-order valence-electron chi connectivity index (χ2n) is 2.77. The Labute approximate surface area is 75.3 Å². The monoisotopic (exact) mass is 178 g/mol. The van der Waals surface area contributed by atoms with Crippen LogP contribution in [0.1, 0.15) is 18.2 Å². The van der Waals surface area contributed by atoms with Crippen LogP contribution in [0.5, 0.6) is 0 Å². The van der Waals surface area contributed by atoms with Crippen molar-refractivity contribution < 1.29 is 0 Å². The molecule has 0 amide bonds. The molecular weight excluding hydrogens is 168 g/mol. The largest absolute Gasteiger partial charge is 0.259 e. The molecule has 62 valence electrons. The summed E-state index contributed by atoms with van der Waals surface area (Å²) >= 11 is 1.68. The molecule has 2 heterocycles. The first kappa shape index (κ1) is 7.68. The van der Waals surface area contributed by atoms with Crippen LogP contribution < -0.4 is 0 Å². The Bertz CT molecular complexity index is 406. The standard InChI is InChI=1S/C9H10N2S/c1-3-7-9-8(11-5-12-9)6(2)4-10-7/h4-5H,3H2,1-2H3. The molecule has 3 heteroatoms. The van der Waals surface area contributed by atoms with Crippen LogP contribution in [0.3, 0.4) is 0 Å². The van der Waals surface area contributed by atoms with Gasteiger partial charge >= 0.3 is 0 Å². The van der Waals surface area contributed by atoms with Crippen molar-refractivity contribution in [2.45, 2.75) is 20.3 Å². The van der Waals surface area contributed by atoms with Crippen molar-refractivity contribution in [2.75, 3.05) is 0 Å². The summed E-state index contributed by atoms with van der Waals surface area (Å²) in [6.45, 7) is 4.17. The van der Waals surface area contributed by atoms with Crippen LogP contribution in [0.4, 0.5) is 0 Å². The fraction of sp³-hybridized carbons (Fsp3) is 0.333. The summed E-state index contributed by atoms with van der Waals surface area (Å²) < 4.78 is 1.25. The van der Waals surface area contributed by atoms with Gasteiger partial charge in [-0.3, -0.25) is 4.98 Å². The maximum Gasteiger partial charge on any atom is 0.0875 e. The van der Waals surface area contributed by atoms with Gasteiger partial charge in [0.2, 0.25) is 0 Å². The molecule has 0 aliphatic heterocycles. The molecule has 2 aromatic heterocycles. The first-order valence-corrected chi connectivity index (χ1v) is 4.88. The van der Waals surface area contributed by atoms with Crippen molar-refractivity contribution in [3.63, 3.8) is 0 Å². The van der Waals surface area contributed by atoms with Crippen LogP contribution in [0.15, 0.2) is 11.7 Å². The molecular formula is C9H10N2S. The van der Waals surface area contributed by atoms with Crippen molar-refractivity contribution >= 4 is 21.6 Å². The Kier molecular flexibility index (Phi) is 1.81. The number of rotatable bonds is 1. The van der Waals surface area contributed by atoms with Crippen molar-refractivity contribution in [3.05, 3.63) is 23.0 Å². The Morgan fingerprint density at radius 1 is 1.42 bits per heavy atom. The number of aromatic nitrogens is 2. The molecule has 2 rings (SSSR count). The van der Waals surface area contributed by atoms with Gasteiger partial charge in [-0.1, -0.05) is 6.92 Å². The molecule has 0 aliphatic rings. The van der Waals surface area contributed by atoms with E-state index in [2.05, 4.69) is 23.8 Å². The lowest BCUT2D eigenvalue weighted by Crippen LogP contribution is -1.88. The Morgan fingerprint density at radius 2 is 2.25 bits per heavy atom. The highest BCUT2D eigenvalue weighted by molar-refractivity contribution is 7.16. The molecule has 12 heavy (non-hydrogen) atoms. The average molecular weight is 178 g/mol. The summed E-state index contributed by atoms with van der Waals surface area (Å²) in [6.07, 6.45) is 2.89. The summed E-state index contributed by atoms with van der Waals surface area (Å²) in [5, 5.41) is 0. The highest BCUT2D eigenvalue weighted by atomic mass is 32.1. The zero-order valence-electron chi connectivity index (χ0n) is 7.16. The smallest absolute Gasteiger partial charge is 0.0875 e. The van der Waals surface area contributed by atoms with Crippen molar-refractivity contribution in [2.24, 2.45) is 0 Å². The fourth-order valence-electron chi connectivity index (χ4n) is 1.28. The molecule has 0 saturated carbocycles. The highest BCUT2D eigenvalue weighted by Gasteiger charge is 2.05. The quantitative estimate of drug-likeness (QED) is 0.670. The topological polar surface area (TPSA) is 25.8 Å². The van der Waals surface area contributed by atoms with Gasteiger partial charge in [0, 0.05) is 6.20 Å². The third-order valence-corrected chi connectivity index (χ3v) is 2.83. The van der Waals surface area contributed by atoms with E-state index in [0.29, 0.717) is 0 Å². The molecule has 0 saturated heterocycles.